The topological polar surface area (TPSA) is 15.3 Å². The van der Waals surface area contributed by atoms with Crippen molar-refractivity contribution in [2.45, 2.75) is 45.6 Å². The molecule has 2 nitrogen and oxygen atoms in total. The van der Waals surface area contributed by atoms with Crippen LogP contribution < -0.4 is 5.32 Å². The van der Waals surface area contributed by atoms with Gasteiger partial charge in [-0.1, -0.05) is 38.1 Å². The highest BCUT2D eigenvalue weighted by molar-refractivity contribution is 5.25. The van der Waals surface area contributed by atoms with Crippen LogP contribution in [0.4, 0.5) is 0 Å². The van der Waals surface area contributed by atoms with Crippen LogP contribution in [0.15, 0.2) is 24.3 Å². The van der Waals surface area contributed by atoms with Crippen molar-refractivity contribution in [1.29, 1.82) is 0 Å². The maximum absolute atomic E-state index is 3.25. The molecule has 20 heavy (non-hydrogen) atoms. The molecule has 0 radical (unpaired) electrons. The lowest BCUT2D eigenvalue weighted by Crippen LogP contribution is -2.26. The lowest BCUT2D eigenvalue weighted by molar-refractivity contribution is 0.255. The normalized spacial score (nSPS) is 16.6. The monoisotopic (exact) mass is 274 g/mol. The third kappa shape index (κ3) is 4.92. The van der Waals surface area contributed by atoms with Crippen molar-refractivity contribution in [3.8, 4) is 0 Å². The molecule has 0 aliphatic heterocycles. The molecule has 1 aliphatic carbocycles. The Labute approximate surface area is 124 Å². The molecule has 2 heteroatoms. The van der Waals surface area contributed by atoms with Crippen LogP contribution in [0.3, 0.4) is 0 Å². The fourth-order valence-corrected chi connectivity index (χ4v) is 2.85. The molecule has 1 N–H and O–H groups in total. The van der Waals surface area contributed by atoms with Crippen molar-refractivity contribution in [3.63, 3.8) is 0 Å². The zero-order valence-electron chi connectivity index (χ0n) is 13.4. The molecule has 1 aliphatic rings. The van der Waals surface area contributed by atoms with Gasteiger partial charge in [0.05, 0.1) is 0 Å². The van der Waals surface area contributed by atoms with Crippen LogP contribution >= 0.6 is 0 Å². The second-order valence-electron chi connectivity index (χ2n) is 6.38. The third-order valence-electron chi connectivity index (χ3n) is 4.22. The highest BCUT2D eigenvalue weighted by Gasteiger charge is 2.23. The first-order valence-electron chi connectivity index (χ1n) is 8.18. The Balaban J connectivity index is 1.90. The van der Waals surface area contributed by atoms with E-state index in [4.69, 9.17) is 0 Å². The predicted octanol–water partition coefficient (Wildman–Crippen LogP) is 3.63. The summed E-state index contributed by atoms with van der Waals surface area (Å²) < 4.78 is 0. The van der Waals surface area contributed by atoms with Crippen molar-refractivity contribution >= 4 is 0 Å². The first-order valence-corrected chi connectivity index (χ1v) is 8.18. The van der Waals surface area contributed by atoms with Gasteiger partial charge in [-0.3, -0.25) is 4.90 Å². The Morgan fingerprint density at radius 3 is 2.50 bits per heavy atom. The Morgan fingerprint density at radius 1 is 1.25 bits per heavy atom. The number of rotatable bonds is 9. The summed E-state index contributed by atoms with van der Waals surface area (Å²) in [5.41, 5.74) is 2.90. The zero-order valence-corrected chi connectivity index (χ0v) is 13.4. The Kier molecular flexibility index (Phi) is 6.06. The average Bonchev–Trinajstić information content (AvgIpc) is 3.24. The van der Waals surface area contributed by atoms with Gasteiger partial charge < -0.3 is 5.32 Å². The van der Waals surface area contributed by atoms with E-state index in [1.54, 1.807) is 0 Å². The number of nitrogens with one attached hydrogen (secondary N) is 1. The van der Waals surface area contributed by atoms with Crippen LogP contribution in [0.5, 0.6) is 0 Å². The molecule has 1 unspecified atom stereocenters. The Bertz CT molecular complexity index is 381. The first kappa shape index (κ1) is 15.5. The second-order valence-corrected chi connectivity index (χ2v) is 6.38. The largest absolute Gasteiger partial charge is 0.319 e. The van der Waals surface area contributed by atoms with Crippen LogP contribution in [0.25, 0.3) is 0 Å². The van der Waals surface area contributed by atoms with Gasteiger partial charge >= 0.3 is 0 Å². The van der Waals surface area contributed by atoms with Gasteiger partial charge in [-0.2, -0.15) is 0 Å². The molecule has 0 amide bonds. The van der Waals surface area contributed by atoms with E-state index in [0.29, 0.717) is 5.92 Å². The molecule has 112 valence electrons. The molecule has 1 aromatic carbocycles. The van der Waals surface area contributed by atoms with E-state index in [-0.39, 0.29) is 0 Å². The van der Waals surface area contributed by atoms with Gasteiger partial charge in [-0.25, -0.2) is 0 Å². The summed E-state index contributed by atoms with van der Waals surface area (Å²) in [7, 11) is 2.02. The van der Waals surface area contributed by atoms with Crippen LogP contribution in [0.1, 0.15) is 50.2 Å². The first-order chi connectivity index (χ1) is 9.72. The van der Waals surface area contributed by atoms with Crippen molar-refractivity contribution in [3.05, 3.63) is 35.4 Å². The van der Waals surface area contributed by atoms with Crippen LogP contribution in [-0.2, 0) is 6.54 Å². The van der Waals surface area contributed by atoms with Crippen LogP contribution in [0, 0.1) is 5.92 Å². The van der Waals surface area contributed by atoms with Crippen LogP contribution in [-0.4, -0.2) is 31.6 Å². The predicted molar refractivity (Wildman–Crippen MR) is 87.1 cm³/mol. The van der Waals surface area contributed by atoms with Crippen molar-refractivity contribution < 1.29 is 0 Å². The van der Waals surface area contributed by atoms with Crippen molar-refractivity contribution in [1.82, 2.24) is 10.2 Å². The summed E-state index contributed by atoms with van der Waals surface area (Å²) in [6.07, 6.45) is 4.14. The summed E-state index contributed by atoms with van der Waals surface area (Å²) >= 11 is 0. The standard InChI is InChI=1S/C18H30N2/c1-4-11-20(13-16-5-6-16)14-17-7-9-18(10-8-17)15(2)12-19-3/h7-10,15-16,19H,4-6,11-14H2,1-3H3. The van der Waals surface area contributed by atoms with E-state index in [0.717, 1.165) is 19.0 Å². The maximum Gasteiger partial charge on any atom is 0.0233 e. The smallest absolute Gasteiger partial charge is 0.0233 e. The number of benzene rings is 1. The molecule has 2 rings (SSSR count). The lowest BCUT2D eigenvalue weighted by atomic mass is 9.99. The molecule has 0 spiro atoms. The second kappa shape index (κ2) is 7.80. The summed E-state index contributed by atoms with van der Waals surface area (Å²) in [5, 5.41) is 3.25. The van der Waals surface area contributed by atoms with E-state index in [9.17, 15) is 0 Å². The van der Waals surface area contributed by atoms with E-state index < -0.39 is 0 Å². The minimum absolute atomic E-state index is 0.590. The van der Waals surface area contributed by atoms with Gasteiger partial charge in [0.1, 0.15) is 0 Å². The van der Waals surface area contributed by atoms with Gasteiger partial charge in [-0.05, 0) is 55.8 Å². The molecule has 1 aromatic rings. The summed E-state index contributed by atoms with van der Waals surface area (Å²) in [5.74, 6) is 1.57. The van der Waals surface area contributed by atoms with Gasteiger partial charge in [0.15, 0.2) is 0 Å². The third-order valence-corrected chi connectivity index (χ3v) is 4.22. The van der Waals surface area contributed by atoms with Crippen LogP contribution in [0.2, 0.25) is 0 Å². The minimum Gasteiger partial charge on any atom is -0.319 e. The number of likely N-dealkylation sites (N-methyl/N-ethyl adjacent to an activating group) is 1. The highest BCUT2D eigenvalue weighted by atomic mass is 15.1. The minimum atomic E-state index is 0.590. The quantitative estimate of drug-likeness (QED) is 0.740. The molecule has 1 fully saturated rings. The van der Waals surface area contributed by atoms with E-state index >= 15 is 0 Å². The number of hydrogen-bond acceptors (Lipinski definition) is 2. The average molecular weight is 274 g/mol. The van der Waals surface area contributed by atoms with Gasteiger partial charge in [0.2, 0.25) is 0 Å². The SMILES string of the molecule is CCCN(Cc1ccc(C(C)CNC)cc1)CC1CC1. The summed E-state index contributed by atoms with van der Waals surface area (Å²) in [4.78, 5) is 2.63. The highest BCUT2D eigenvalue weighted by Crippen LogP contribution is 2.30. The zero-order chi connectivity index (χ0) is 14.4. The van der Waals surface area contributed by atoms with Gasteiger partial charge in [0.25, 0.3) is 0 Å². The van der Waals surface area contributed by atoms with E-state index in [1.807, 2.05) is 7.05 Å². The molecule has 0 heterocycles. The maximum atomic E-state index is 3.25. The fourth-order valence-electron chi connectivity index (χ4n) is 2.85. The molecule has 1 saturated carbocycles. The molecular weight excluding hydrogens is 244 g/mol. The van der Waals surface area contributed by atoms with E-state index in [2.05, 4.69) is 48.3 Å². The molecule has 0 saturated heterocycles. The molecule has 0 aromatic heterocycles. The van der Waals surface area contributed by atoms with Gasteiger partial charge in [-0.15, -0.1) is 0 Å². The Hall–Kier alpha value is -0.860. The lowest BCUT2D eigenvalue weighted by Gasteiger charge is -2.22. The summed E-state index contributed by atoms with van der Waals surface area (Å²) in [6.45, 7) is 9.25. The van der Waals surface area contributed by atoms with Crippen molar-refractivity contribution in [2.75, 3.05) is 26.7 Å². The summed E-state index contributed by atoms with van der Waals surface area (Å²) in [6, 6.07) is 9.24. The Morgan fingerprint density at radius 2 is 1.95 bits per heavy atom. The molecular formula is C18H30N2. The number of nitrogens with zero attached hydrogens (tertiary/aromatic N) is 1. The molecule has 0 bridgehead atoms. The van der Waals surface area contributed by atoms with Gasteiger partial charge in [0, 0.05) is 19.6 Å². The van der Waals surface area contributed by atoms with Crippen molar-refractivity contribution in [2.24, 2.45) is 5.92 Å². The number of hydrogen-bond donors (Lipinski definition) is 1. The molecule has 1 atom stereocenters. The fraction of sp³-hybridized carbons (Fsp3) is 0.667. The van der Waals surface area contributed by atoms with E-state index in [1.165, 1.54) is 43.5 Å².